The largest absolute Gasteiger partial charge is 0.331 e. The number of benzene rings is 1. The second kappa shape index (κ2) is 8.35. The fourth-order valence-corrected chi connectivity index (χ4v) is 5.28. The number of hydrogen-bond acceptors (Lipinski definition) is 6. The van der Waals surface area contributed by atoms with Crippen molar-refractivity contribution in [1.82, 2.24) is 14.1 Å². The Labute approximate surface area is 188 Å². The van der Waals surface area contributed by atoms with Crippen LogP contribution in [0.1, 0.15) is 6.92 Å². The monoisotopic (exact) mass is 480 g/mol. The van der Waals surface area contributed by atoms with Crippen molar-refractivity contribution in [3.63, 3.8) is 0 Å². The van der Waals surface area contributed by atoms with E-state index in [9.17, 15) is 14.4 Å². The lowest BCUT2D eigenvalue weighted by atomic mass is 10.2. The van der Waals surface area contributed by atoms with Crippen LogP contribution in [-0.4, -0.2) is 20.0 Å². The molecule has 0 saturated carbocycles. The highest BCUT2D eigenvalue weighted by molar-refractivity contribution is 7.20. The van der Waals surface area contributed by atoms with Crippen LogP contribution in [0.5, 0.6) is 0 Å². The summed E-state index contributed by atoms with van der Waals surface area (Å²) >= 11 is 14.6. The molecule has 30 heavy (non-hydrogen) atoms. The van der Waals surface area contributed by atoms with Crippen molar-refractivity contribution in [2.45, 2.75) is 20.0 Å². The number of para-hydroxylation sites is 1. The van der Waals surface area contributed by atoms with Crippen LogP contribution in [0.25, 0.3) is 22.2 Å². The zero-order valence-corrected chi connectivity index (χ0v) is 18.7. The number of nitrogens with one attached hydrogen (secondary N) is 1. The van der Waals surface area contributed by atoms with Gasteiger partial charge in [-0.1, -0.05) is 35.3 Å². The van der Waals surface area contributed by atoms with Crippen LogP contribution >= 0.6 is 45.9 Å². The summed E-state index contributed by atoms with van der Waals surface area (Å²) in [6, 6.07) is 8.44. The van der Waals surface area contributed by atoms with Gasteiger partial charge in [0.05, 0.1) is 20.9 Å². The fraction of sp³-hybridized carbons (Fsp3) is 0.158. The highest BCUT2D eigenvalue weighted by Crippen LogP contribution is 2.38. The van der Waals surface area contributed by atoms with Crippen molar-refractivity contribution in [3.05, 3.63) is 65.2 Å². The highest BCUT2D eigenvalue weighted by atomic mass is 35.5. The van der Waals surface area contributed by atoms with Crippen LogP contribution < -0.4 is 16.6 Å². The van der Waals surface area contributed by atoms with Crippen LogP contribution in [0, 0.1) is 0 Å². The van der Waals surface area contributed by atoms with E-state index in [1.54, 1.807) is 42.6 Å². The van der Waals surface area contributed by atoms with E-state index >= 15 is 0 Å². The van der Waals surface area contributed by atoms with Gasteiger partial charge >= 0.3 is 5.69 Å². The number of aromatic nitrogens is 3. The predicted molar refractivity (Wildman–Crippen MR) is 122 cm³/mol. The van der Waals surface area contributed by atoms with Crippen LogP contribution in [0.15, 0.2) is 45.3 Å². The minimum atomic E-state index is -0.532. The van der Waals surface area contributed by atoms with Gasteiger partial charge in [-0.15, -0.1) is 22.7 Å². The van der Waals surface area contributed by atoms with Crippen molar-refractivity contribution in [2.24, 2.45) is 0 Å². The Hall–Kier alpha value is -2.46. The minimum absolute atomic E-state index is 0.212. The Kier molecular flexibility index (Phi) is 5.79. The Morgan fingerprint density at radius 1 is 1.20 bits per heavy atom. The summed E-state index contributed by atoms with van der Waals surface area (Å²) in [5, 5.41) is 5.21. The summed E-state index contributed by atoms with van der Waals surface area (Å²) in [5.41, 5.74) is 0.805. The second-order valence-corrected chi connectivity index (χ2v) is 9.40. The van der Waals surface area contributed by atoms with Gasteiger partial charge in [-0.2, -0.15) is 0 Å². The molecule has 0 bridgehead atoms. The Balaban J connectivity index is 1.63. The molecule has 1 N–H and O–H groups in total. The van der Waals surface area contributed by atoms with E-state index in [0.29, 0.717) is 36.0 Å². The molecule has 7 nitrogen and oxygen atoms in total. The molecule has 154 valence electrons. The molecule has 0 spiro atoms. The number of hydrogen-bond donors (Lipinski definition) is 1. The van der Waals surface area contributed by atoms with Crippen molar-refractivity contribution in [1.29, 1.82) is 0 Å². The molecule has 1 amide bonds. The number of fused-ring (bicyclic) bond motifs is 1. The summed E-state index contributed by atoms with van der Waals surface area (Å²) in [4.78, 5) is 42.3. The molecular weight excluding hydrogens is 467 g/mol. The molecule has 0 aliphatic carbocycles. The SMILES string of the molecule is CCn1c(=O)c2ccccc2n(CC(=O)Nc2nc(-c3cc(Cl)sc3Cl)cs2)c1=O. The summed E-state index contributed by atoms with van der Waals surface area (Å²) in [6.07, 6.45) is 0. The fourth-order valence-electron chi connectivity index (χ4n) is 3.07. The van der Waals surface area contributed by atoms with E-state index in [1.165, 1.54) is 27.2 Å². The third-order valence-electron chi connectivity index (χ3n) is 4.43. The zero-order valence-electron chi connectivity index (χ0n) is 15.5. The summed E-state index contributed by atoms with van der Waals surface area (Å²) in [6.45, 7) is 1.67. The van der Waals surface area contributed by atoms with Crippen molar-refractivity contribution >= 4 is 67.8 Å². The molecule has 11 heteroatoms. The molecule has 4 rings (SSSR count). The van der Waals surface area contributed by atoms with Gasteiger partial charge in [-0.3, -0.25) is 18.7 Å². The van der Waals surface area contributed by atoms with E-state index in [4.69, 9.17) is 23.2 Å². The zero-order chi connectivity index (χ0) is 21.4. The molecule has 4 aromatic rings. The normalized spacial score (nSPS) is 11.2. The topological polar surface area (TPSA) is 86.0 Å². The van der Waals surface area contributed by atoms with Gasteiger partial charge in [0.25, 0.3) is 5.56 Å². The van der Waals surface area contributed by atoms with Gasteiger partial charge in [0.2, 0.25) is 5.91 Å². The maximum Gasteiger partial charge on any atom is 0.331 e. The Morgan fingerprint density at radius 2 is 1.97 bits per heavy atom. The number of thiophene rings is 1. The Morgan fingerprint density at radius 3 is 2.67 bits per heavy atom. The quantitative estimate of drug-likeness (QED) is 0.460. The van der Waals surface area contributed by atoms with Crippen LogP contribution in [0.4, 0.5) is 5.13 Å². The van der Waals surface area contributed by atoms with E-state index in [1.807, 2.05) is 0 Å². The number of carbonyl (C=O) groups excluding carboxylic acids is 1. The van der Waals surface area contributed by atoms with Crippen LogP contribution in [0.3, 0.4) is 0 Å². The van der Waals surface area contributed by atoms with E-state index in [2.05, 4.69) is 10.3 Å². The first kappa shape index (κ1) is 20.8. The average molecular weight is 481 g/mol. The summed E-state index contributed by atoms with van der Waals surface area (Å²) in [5.74, 6) is -0.432. The molecule has 3 aromatic heterocycles. The third kappa shape index (κ3) is 3.81. The van der Waals surface area contributed by atoms with Gasteiger partial charge in [0, 0.05) is 17.5 Å². The first-order chi connectivity index (χ1) is 14.4. The number of thiazole rings is 1. The summed E-state index contributed by atoms with van der Waals surface area (Å²) < 4.78 is 3.47. The minimum Gasteiger partial charge on any atom is -0.300 e. The lowest BCUT2D eigenvalue weighted by Crippen LogP contribution is -2.41. The lowest BCUT2D eigenvalue weighted by molar-refractivity contribution is -0.116. The molecule has 0 radical (unpaired) electrons. The maximum absolute atomic E-state index is 12.8. The Bertz CT molecular complexity index is 1390. The van der Waals surface area contributed by atoms with Crippen molar-refractivity contribution < 1.29 is 4.79 Å². The summed E-state index contributed by atoms with van der Waals surface area (Å²) in [7, 11) is 0. The van der Waals surface area contributed by atoms with E-state index in [-0.39, 0.29) is 18.6 Å². The number of anilines is 1. The van der Waals surface area contributed by atoms with Gasteiger partial charge in [0.15, 0.2) is 5.13 Å². The number of nitrogens with zero attached hydrogens (tertiary/aromatic N) is 3. The highest BCUT2D eigenvalue weighted by Gasteiger charge is 2.16. The molecule has 0 saturated heterocycles. The smallest absolute Gasteiger partial charge is 0.300 e. The van der Waals surface area contributed by atoms with Crippen LogP contribution in [-0.2, 0) is 17.9 Å². The number of halogens is 2. The third-order valence-corrected chi connectivity index (χ3v) is 6.68. The maximum atomic E-state index is 12.8. The standard InChI is InChI=1S/C19H14Cl2N4O3S2/c1-2-24-17(27)10-5-3-4-6-13(10)25(19(24)28)8-15(26)23-18-22-12(9-29-18)11-7-14(20)30-16(11)21/h3-7,9H,2,8H2,1H3,(H,22,23,26). The molecule has 1 aromatic carbocycles. The number of amides is 1. The number of rotatable bonds is 5. The van der Waals surface area contributed by atoms with Crippen molar-refractivity contribution in [3.8, 4) is 11.3 Å². The molecule has 3 heterocycles. The van der Waals surface area contributed by atoms with Gasteiger partial charge in [0.1, 0.15) is 10.9 Å². The average Bonchev–Trinajstić information content (AvgIpc) is 3.31. The molecule has 0 atom stereocenters. The van der Waals surface area contributed by atoms with Gasteiger partial charge in [-0.25, -0.2) is 9.78 Å². The lowest BCUT2D eigenvalue weighted by Gasteiger charge is -2.12. The first-order valence-electron chi connectivity index (χ1n) is 8.82. The molecular formula is C19H14Cl2N4O3S2. The van der Waals surface area contributed by atoms with Gasteiger partial charge < -0.3 is 5.32 Å². The van der Waals surface area contributed by atoms with E-state index < -0.39 is 11.6 Å². The molecule has 0 fully saturated rings. The van der Waals surface area contributed by atoms with Gasteiger partial charge in [-0.05, 0) is 25.1 Å². The molecule has 0 aliphatic rings. The van der Waals surface area contributed by atoms with Crippen molar-refractivity contribution in [2.75, 3.05) is 5.32 Å². The van der Waals surface area contributed by atoms with Crippen LogP contribution in [0.2, 0.25) is 8.67 Å². The molecule has 0 unspecified atom stereocenters. The first-order valence-corrected chi connectivity index (χ1v) is 11.3. The predicted octanol–water partition coefficient (Wildman–Crippen LogP) is 4.31. The molecule has 0 aliphatic heterocycles. The second-order valence-electron chi connectivity index (χ2n) is 6.26. The number of carbonyl (C=O) groups is 1. The van der Waals surface area contributed by atoms with E-state index in [0.717, 1.165) is 4.57 Å².